The van der Waals surface area contributed by atoms with E-state index in [-0.39, 0.29) is 30.9 Å². The molecule has 2 atom stereocenters. The Bertz CT molecular complexity index is 1100. The van der Waals surface area contributed by atoms with E-state index in [0.29, 0.717) is 23.4 Å². The molecule has 3 rings (SSSR count). The van der Waals surface area contributed by atoms with Crippen LogP contribution in [0.5, 0.6) is 11.5 Å². The number of aromatic hydroxyl groups is 1. The van der Waals surface area contributed by atoms with E-state index < -0.39 is 16.5 Å². The first kappa shape index (κ1) is 28.5. The molecule has 12 heteroatoms. The van der Waals surface area contributed by atoms with Crippen molar-refractivity contribution in [2.75, 3.05) is 27.2 Å². The molecule has 0 heterocycles. The predicted molar refractivity (Wildman–Crippen MR) is 128 cm³/mol. The molecule has 2 aromatic rings. The Labute approximate surface area is 204 Å². The zero-order valence-corrected chi connectivity index (χ0v) is 20.4. The van der Waals surface area contributed by atoms with Crippen LogP contribution in [0.3, 0.4) is 0 Å². The minimum absolute atomic E-state index is 0.0160. The minimum Gasteiger partial charge on any atom is -0.508 e. The molecule has 11 nitrogen and oxygen atoms in total. The molecule has 35 heavy (non-hydrogen) atoms. The van der Waals surface area contributed by atoms with Gasteiger partial charge in [-0.2, -0.15) is 8.42 Å². The van der Waals surface area contributed by atoms with Gasteiger partial charge in [0.25, 0.3) is 5.91 Å². The lowest BCUT2D eigenvalue weighted by atomic mass is 9.88. The van der Waals surface area contributed by atoms with Crippen LogP contribution in [0.4, 0.5) is 0 Å². The van der Waals surface area contributed by atoms with Crippen LogP contribution in [0.1, 0.15) is 34.8 Å². The van der Waals surface area contributed by atoms with E-state index in [1.807, 2.05) is 12.1 Å². The number of likely N-dealkylation sites (N-methyl/N-ethyl adjacent to an activating group) is 1. The van der Waals surface area contributed by atoms with Gasteiger partial charge in [0.1, 0.15) is 11.5 Å². The molecule has 0 fully saturated rings. The molecule has 0 saturated carbocycles. The number of phenols is 1. The maximum Gasteiger partial charge on any atom is 0.394 e. The molecule has 6 N–H and O–H groups in total. The Kier molecular flexibility index (Phi) is 10.4. The fourth-order valence-electron chi connectivity index (χ4n) is 3.61. The number of carbonyl (C=O) groups excluding carboxylic acids is 1. The number of hydrogen-bond acceptors (Lipinski definition) is 8. The zero-order chi connectivity index (χ0) is 26.2. The monoisotopic (exact) mass is 512 g/mol. The summed E-state index contributed by atoms with van der Waals surface area (Å²) in [6.45, 7) is 0.120. The van der Waals surface area contributed by atoms with Gasteiger partial charge in [-0.25, -0.2) is 0 Å². The predicted octanol–water partition coefficient (Wildman–Crippen LogP) is 0.879. The van der Waals surface area contributed by atoms with Crippen LogP contribution in [-0.4, -0.2) is 76.9 Å². The van der Waals surface area contributed by atoms with Crippen molar-refractivity contribution in [1.29, 1.82) is 0 Å². The molecule has 0 bridgehead atoms. The summed E-state index contributed by atoms with van der Waals surface area (Å²) in [5.41, 5.74) is 3.53. The number of aryl methyl sites for hydroxylation is 1. The summed E-state index contributed by atoms with van der Waals surface area (Å²) >= 11 is 0. The van der Waals surface area contributed by atoms with Crippen LogP contribution in [-0.2, 0) is 34.6 Å². The number of benzene rings is 2. The molecule has 1 aliphatic rings. The topological polar surface area (TPSA) is 177 Å². The summed E-state index contributed by atoms with van der Waals surface area (Å²) in [7, 11) is -1.27. The molecule has 0 radical (unpaired) electrons. The van der Waals surface area contributed by atoms with Gasteiger partial charge in [-0.3, -0.25) is 13.9 Å². The van der Waals surface area contributed by atoms with Crippen molar-refractivity contribution in [1.82, 2.24) is 10.2 Å². The third kappa shape index (κ3) is 9.80. The van der Waals surface area contributed by atoms with E-state index in [9.17, 15) is 20.1 Å². The molecule has 194 valence electrons. The van der Waals surface area contributed by atoms with Gasteiger partial charge in [-0.1, -0.05) is 12.1 Å². The van der Waals surface area contributed by atoms with Crippen molar-refractivity contribution in [3.63, 3.8) is 0 Å². The van der Waals surface area contributed by atoms with Gasteiger partial charge in [-0.05, 0) is 60.2 Å². The van der Waals surface area contributed by atoms with Crippen LogP contribution in [0, 0.1) is 0 Å². The Balaban J connectivity index is 0.000000784. The Morgan fingerprint density at radius 3 is 2.49 bits per heavy atom. The van der Waals surface area contributed by atoms with E-state index in [0.717, 1.165) is 19.3 Å². The molecular weight excluding hydrogens is 480 g/mol. The Morgan fingerprint density at radius 2 is 1.86 bits per heavy atom. The van der Waals surface area contributed by atoms with E-state index in [4.69, 9.17) is 22.3 Å². The Morgan fingerprint density at radius 1 is 1.17 bits per heavy atom. The SMILES string of the molecule is CN(C)C(=O)COc1ccc2c(c1)C[C@@H](NC[C@H](O)c1ccc(O)c(CO)c1)CC2.O=S(=O)(O)O. The summed E-state index contributed by atoms with van der Waals surface area (Å²) in [5.74, 6) is 0.626. The van der Waals surface area contributed by atoms with Crippen molar-refractivity contribution >= 4 is 16.3 Å². The van der Waals surface area contributed by atoms with E-state index in [1.165, 1.54) is 22.1 Å². The first-order valence-electron chi connectivity index (χ1n) is 10.9. The molecule has 0 spiro atoms. The first-order valence-corrected chi connectivity index (χ1v) is 12.3. The van der Waals surface area contributed by atoms with Gasteiger partial charge in [0, 0.05) is 32.2 Å². The normalized spacial score (nSPS) is 15.9. The van der Waals surface area contributed by atoms with Crippen LogP contribution >= 0.6 is 0 Å². The summed E-state index contributed by atoms with van der Waals surface area (Å²) < 4.78 is 37.2. The number of fused-ring (bicyclic) bond motifs is 1. The van der Waals surface area contributed by atoms with Crippen molar-refractivity contribution in [2.24, 2.45) is 0 Å². The summed E-state index contributed by atoms with van der Waals surface area (Å²) in [6, 6.07) is 11.0. The van der Waals surface area contributed by atoms with Crippen LogP contribution in [0.2, 0.25) is 0 Å². The number of aliphatic hydroxyl groups excluding tert-OH is 2. The maximum atomic E-state index is 11.7. The number of nitrogens with one attached hydrogen (secondary N) is 1. The fraction of sp³-hybridized carbons (Fsp3) is 0.435. The number of rotatable bonds is 8. The number of carbonyl (C=O) groups is 1. The van der Waals surface area contributed by atoms with Gasteiger partial charge >= 0.3 is 10.4 Å². The number of hydrogen-bond donors (Lipinski definition) is 6. The number of nitrogens with zero attached hydrogens (tertiary/aromatic N) is 1. The molecular formula is C23H32N2O9S. The summed E-state index contributed by atoms with van der Waals surface area (Å²) in [4.78, 5) is 13.2. The van der Waals surface area contributed by atoms with Gasteiger partial charge in [0.2, 0.25) is 0 Å². The summed E-state index contributed by atoms with van der Waals surface area (Å²) in [5, 5.41) is 32.9. The lowest BCUT2D eigenvalue weighted by Crippen LogP contribution is -2.37. The first-order chi connectivity index (χ1) is 16.4. The summed E-state index contributed by atoms with van der Waals surface area (Å²) in [6.07, 6.45) is 1.99. The largest absolute Gasteiger partial charge is 0.508 e. The lowest BCUT2D eigenvalue weighted by molar-refractivity contribution is -0.130. The van der Waals surface area contributed by atoms with E-state index in [1.54, 1.807) is 26.2 Å². The highest BCUT2D eigenvalue weighted by molar-refractivity contribution is 7.79. The number of amides is 1. The number of aliphatic hydroxyl groups is 2. The number of ether oxygens (including phenoxy) is 1. The highest BCUT2D eigenvalue weighted by atomic mass is 32.3. The molecule has 0 saturated heterocycles. The molecule has 1 amide bonds. The Hall–Kier alpha value is -2.74. The average molecular weight is 513 g/mol. The third-order valence-electron chi connectivity index (χ3n) is 5.53. The van der Waals surface area contributed by atoms with Gasteiger partial charge < -0.3 is 30.3 Å². The molecule has 0 aromatic heterocycles. The highest BCUT2D eigenvalue weighted by Gasteiger charge is 2.20. The quantitative estimate of drug-likeness (QED) is 0.278. The van der Waals surface area contributed by atoms with Gasteiger partial charge in [0.05, 0.1) is 12.7 Å². The van der Waals surface area contributed by atoms with Crippen molar-refractivity contribution < 1.29 is 42.4 Å². The second-order valence-corrected chi connectivity index (χ2v) is 9.26. The maximum absolute atomic E-state index is 11.7. The van der Waals surface area contributed by atoms with E-state index >= 15 is 0 Å². The van der Waals surface area contributed by atoms with Crippen molar-refractivity contribution in [3.8, 4) is 11.5 Å². The van der Waals surface area contributed by atoms with Crippen molar-refractivity contribution in [3.05, 3.63) is 58.7 Å². The molecule has 1 aliphatic carbocycles. The third-order valence-corrected chi connectivity index (χ3v) is 5.53. The van der Waals surface area contributed by atoms with Crippen LogP contribution < -0.4 is 10.1 Å². The smallest absolute Gasteiger partial charge is 0.394 e. The van der Waals surface area contributed by atoms with Crippen LogP contribution in [0.15, 0.2) is 36.4 Å². The molecule has 0 unspecified atom stereocenters. The lowest BCUT2D eigenvalue weighted by Gasteiger charge is -2.27. The van der Waals surface area contributed by atoms with Gasteiger partial charge in [0.15, 0.2) is 6.61 Å². The minimum atomic E-state index is -4.67. The second-order valence-electron chi connectivity index (χ2n) is 8.37. The molecule has 0 aliphatic heterocycles. The highest BCUT2D eigenvalue weighted by Crippen LogP contribution is 2.27. The standard InChI is InChI=1S/C23H30N2O5.H2O4S/c1-25(2)23(29)14-30-20-7-4-15-3-6-19(10-17(15)11-20)24-12-22(28)16-5-8-21(27)18(9-16)13-26;1-5(2,3)4/h4-5,7-9,11,19,22,24,26-28H,3,6,10,12-14H2,1-2H3;(H2,1,2,3,4)/t19-,22-;/m0./s1. The average Bonchev–Trinajstić information content (AvgIpc) is 2.79. The van der Waals surface area contributed by atoms with Gasteiger partial charge in [-0.15, -0.1) is 0 Å². The fourth-order valence-corrected chi connectivity index (χ4v) is 3.61. The second kappa shape index (κ2) is 12.8. The van der Waals surface area contributed by atoms with Crippen molar-refractivity contribution in [2.45, 2.75) is 38.0 Å². The molecule has 2 aromatic carbocycles. The van der Waals surface area contributed by atoms with E-state index in [2.05, 4.69) is 11.4 Å². The van der Waals surface area contributed by atoms with Crippen LogP contribution in [0.25, 0.3) is 0 Å². The zero-order valence-electron chi connectivity index (χ0n) is 19.6.